The maximum absolute atomic E-state index is 13.1. The SMILES string of the molecule is C=CCN1C(=O)/C(=C/c2c(NC(CC)CO)nc3ccccn3c2=O)SC1=S. The summed E-state index contributed by atoms with van der Waals surface area (Å²) in [6.45, 7) is 5.76. The number of anilines is 1. The first kappa shape index (κ1) is 20.2. The van der Waals surface area contributed by atoms with Crippen molar-refractivity contribution in [2.24, 2.45) is 0 Å². The molecule has 2 aromatic heterocycles. The van der Waals surface area contributed by atoms with E-state index < -0.39 is 0 Å². The number of carbonyl (C=O) groups excluding carboxylic acids is 1. The normalized spacial score (nSPS) is 16.8. The Balaban J connectivity index is 2.14. The number of hydrogen-bond donors (Lipinski definition) is 2. The van der Waals surface area contributed by atoms with E-state index >= 15 is 0 Å². The number of fused-ring (bicyclic) bond motifs is 1. The van der Waals surface area contributed by atoms with Crippen LogP contribution in [0, 0.1) is 0 Å². The van der Waals surface area contributed by atoms with Crippen LogP contribution in [0.1, 0.15) is 18.9 Å². The molecule has 1 saturated heterocycles. The largest absolute Gasteiger partial charge is 0.394 e. The first-order chi connectivity index (χ1) is 13.5. The van der Waals surface area contributed by atoms with Crippen molar-refractivity contribution < 1.29 is 9.90 Å². The highest BCUT2D eigenvalue weighted by Gasteiger charge is 2.31. The van der Waals surface area contributed by atoms with Gasteiger partial charge in [-0.05, 0) is 24.6 Å². The Morgan fingerprint density at radius 2 is 2.21 bits per heavy atom. The van der Waals surface area contributed by atoms with Gasteiger partial charge in [-0.15, -0.1) is 6.58 Å². The number of thioether (sulfide) groups is 1. The van der Waals surface area contributed by atoms with Crippen LogP contribution in [0.2, 0.25) is 0 Å². The van der Waals surface area contributed by atoms with Crippen molar-refractivity contribution in [1.82, 2.24) is 14.3 Å². The number of nitrogens with one attached hydrogen (secondary N) is 1. The first-order valence-electron chi connectivity index (χ1n) is 8.75. The molecule has 3 rings (SSSR count). The number of carbonyl (C=O) groups is 1. The minimum atomic E-state index is -0.310. The quantitative estimate of drug-likeness (QED) is 0.407. The highest BCUT2D eigenvalue weighted by Crippen LogP contribution is 2.33. The molecular weight excluding hydrogens is 396 g/mol. The Kier molecular flexibility index (Phi) is 6.28. The minimum absolute atomic E-state index is 0.104. The van der Waals surface area contributed by atoms with Crippen molar-refractivity contribution in [3.8, 4) is 0 Å². The topological polar surface area (TPSA) is 86.9 Å². The Labute approximate surface area is 171 Å². The van der Waals surface area contributed by atoms with Crippen LogP contribution in [0.15, 0.2) is 46.8 Å². The molecule has 28 heavy (non-hydrogen) atoms. The maximum atomic E-state index is 13.1. The molecule has 146 valence electrons. The van der Waals surface area contributed by atoms with Crippen LogP contribution in [0.5, 0.6) is 0 Å². The van der Waals surface area contributed by atoms with Crippen LogP contribution in [0.3, 0.4) is 0 Å². The molecule has 1 unspecified atom stereocenters. The monoisotopic (exact) mass is 416 g/mol. The number of hydrogen-bond acceptors (Lipinski definition) is 7. The van der Waals surface area contributed by atoms with E-state index in [1.54, 1.807) is 30.5 Å². The average molecular weight is 417 g/mol. The second-order valence-corrected chi connectivity index (χ2v) is 7.80. The van der Waals surface area contributed by atoms with E-state index in [0.29, 0.717) is 33.7 Å². The van der Waals surface area contributed by atoms with Gasteiger partial charge in [-0.3, -0.25) is 18.9 Å². The Morgan fingerprint density at radius 3 is 2.89 bits per heavy atom. The molecule has 9 heteroatoms. The molecule has 3 heterocycles. The summed E-state index contributed by atoms with van der Waals surface area (Å²) in [7, 11) is 0. The second-order valence-electron chi connectivity index (χ2n) is 6.12. The van der Waals surface area contributed by atoms with Crippen LogP contribution in [-0.4, -0.2) is 48.8 Å². The van der Waals surface area contributed by atoms with Gasteiger partial charge in [0.05, 0.1) is 23.1 Å². The van der Waals surface area contributed by atoms with Gasteiger partial charge in [-0.25, -0.2) is 4.98 Å². The lowest BCUT2D eigenvalue weighted by Gasteiger charge is -2.17. The minimum Gasteiger partial charge on any atom is -0.394 e. The summed E-state index contributed by atoms with van der Waals surface area (Å²) < 4.78 is 1.84. The smallest absolute Gasteiger partial charge is 0.267 e. The van der Waals surface area contributed by atoms with E-state index in [1.165, 1.54) is 15.4 Å². The number of aliphatic hydroxyl groups is 1. The standard InChI is InChI=1S/C19H20N4O3S2/c1-3-8-23-18(26)14(28-19(23)27)10-13-16(20-12(4-2)11-24)21-15-7-5-6-9-22(15)17(13)25/h3,5-7,9-10,12,20,24H,1,4,8,11H2,2H3/b14-10-. The van der Waals surface area contributed by atoms with Gasteiger partial charge in [0.2, 0.25) is 0 Å². The zero-order valence-electron chi connectivity index (χ0n) is 15.3. The molecule has 0 bridgehead atoms. The second kappa shape index (κ2) is 8.68. The molecule has 2 aromatic rings. The van der Waals surface area contributed by atoms with Gasteiger partial charge in [-0.1, -0.05) is 43.0 Å². The fraction of sp³-hybridized carbons (Fsp3) is 0.263. The number of aromatic nitrogens is 2. The van der Waals surface area contributed by atoms with E-state index in [-0.39, 0.29) is 29.7 Å². The zero-order valence-corrected chi connectivity index (χ0v) is 16.9. The predicted molar refractivity (Wildman–Crippen MR) is 116 cm³/mol. The number of rotatable bonds is 7. The third kappa shape index (κ3) is 3.87. The lowest BCUT2D eigenvalue weighted by molar-refractivity contribution is -0.121. The van der Waals surface area contributed by atoms with E-state index in [9.17, 15) is 14.7 Å². The molecule has 7 nitrogen and oxygen atoms in total. The third-order valence-corrected chi connectivity index (χ3v) is 5.66. The number of aliphatic hydroxyl groups excluding tert-OH is 1. The van der Waals surface area contributed by atoms with Crippen LogP contribution in [0.4, 0.5) is 5.82 Å². The number of amides is 1. The molecule has 0 aromatic carbocycles. The first-order valence-corrected chi connectivity index (χ1v) is 9.97. The highest BCUT2D eigenvalue weighted by molar-refractivity contribution is 8.26. The van der Waals surface area contributed by atoms with Crippen molar-refractivity contribution >= 4 is 51.7 Å². The molecule has 0 radical (unpaired) electrons. The molecule has 2 N–H and O–H groups in total. The maximum Gasteiger partial charge on any atom is 0.267 e. The van der Waals surface area contributed by atoms with Gasteiger partial charge >= 0.3 is 0 Å². The number of thiocarbonyl (C=S) groups is 1. The number of nitrogens with zero attached hydrogens (tertiary/aromatic N) is 3. The van der Waals surface area contributed by atoms with Crippen molar-refractivity contribution in [2.75, 3.05) is 18.5 Å². The molecule has 0 spiro atoms. The van der Waals surface area contributed by atoms with E-state index in [4.69, 9.17) is 12.2 Å². The van der Waals surface area contributed by atoms with Crippen LogP contribution < -0.4 is 10.9 Å². The molecule has 0 saturated carbocycles. The summed E-state index contributed by atoms with van der Waals surface area (Å²) in [6.07, 6.45) is 5.38. The Morgan fingerprint density at radius 1 is 1.43 bits per heavy atom. The van der Waals surface area contributed by atoms with Crippen LogP contribution in [0.25, 0.3) is 11.7 Å². The molecule has 1 amide bonds. The average Bonchev–Trinajstić information content (AvgIpc) is 2.96. The van der Waals surface area contributed by atoms with Crippen molar-refractivity contribution in [3.05, 3.63) is 57.9 Å². The zero-order chi connectivity index (χ0) is 20.3. The lowest BCUT2D eigenvalue weighted by Crippen LogP contribution is -2.28. The summed E-state index contributed by atoms with van der Waals surface area (Å²) in [4.78, 5) is 32.0. The van der Waals surface area contributed by atoms with Crippen LogP contribution in [-0.2, 0) is 4.79 Å². The fourth-order valence-corrected chi connectivity index (χ4v) is 3.99. The summed E-state index contributed by atoms with van der Waals surface area (Å²) in [5.74, 6) is 0.0543. The van der Waals surface area contributed by atoms with Gasteiger partial charge in [0, 0.05) is 12.7 Å². The fourth-order valence-electron chi connectivity index (χ4n) is 2.73. The van der Waals surface area contributed by atoms with E-state index in [1.807, 2.05) is 6.92 Å². The summed E-state index contributed by atoms with van der Waals surface area (Å²) >= 11 is 6.40. The van der Waals surface area contributed by atoms with Crippen molar-refractivity contribution in [3.63, 3.8) is 0 Å². The summed E-state index contributed by atoms with van der Waals surface area (Å²) in [5, 5.41) is 12.6. The molecule has 1 fully saturated rings. The number of pyridine rings is 1. The molecular formula is C19H20N4O3S2. The predicted octanol–water partition coefficient (Wildman–Crippen LogP) is 2.26. The molecule has 0 aliphatic carbocycles. The van der Waals surface area contributed by atoms with Gasteiger partial charge in [-0.2, -0.15) is 0 Å². The van der Waals surface area contributed by atoms with Gasteiger partial charge < -0.3 is 10.4 Å². The Bertz CT molecular complexity index is 1030. The van der Waals surface area contributed by atoms with Gasteiger partial charge in [0.25, 0.3) is 11.5 Å². The molecule has 1 aliphatic rings. The summed E-state index contributed by atoms with van der Waals surface area (Å²) in [6, 6.07) is 4.98. The van der Waals surface area contributed by atoms with E-state index in [2.05, 4.69) is 16.9 Å². The van der Waals surface area contributed by atoms with E-state index in [0.717, 1.165) is 11.8 Å². The van der Waals surface area contributed by atoms with Gasteiger partial charge in [0.15, 0.2) is 0 Å². The van der Waals surface area contributed by atoms with Crippen molar-refractivity contribution in [1.29, 1.82) is 0 Å². The van der Waals surface area contributed by atoms with Crippen LogP contribution >= 0.6 is 24.0 Å². The lowest BCUT2D eigenvalue weighted by atomic mass is 10.2. The van der Waals surface area contributed by atoms with Crippen molar-refractivity contribution in [2.45, 2.75) is 19.4 Å². The molecule has 1 aliphatic heterocycles. The van der Waals surface area contributed by atoms with Gasteiger partial charge in [0.1, 0.15) is 15.8 Å². The Hall–Kier alpha value is -2.49. The highest BCUT2D eigenvalue weighted by atomic mass is 32.2. The summed E-state index contributed by atoms with van der Waals surface area (Å²) in [5.41, 5.74) is 0.406. The molecule has 1 atom stereocenters. The third-order valence-electron chi connectivity index (χ3n) is 4.28.